The molecule has 1 fully saturated rings. The molecule has 4 aromatic rings. The van der Waals surface area contributed by atoms with Crippen molar-refractivity contribution >= 4 is 16.9 Å². The molecule has 2 aromatic heterocycles. The summed E-state index contributed by atoms with van der Waals surface area (Å²) < 4.78 is 11.8. The highest BCUT2D eigenvalue weighted by molar-refractivity contribution is 5.86. The van der Waals surface area contributed by atoms with Gasteiger partial charge in [-0.15, -0.1) is 0 Å². The molecule has 1 aliphatic rings. The van der Waals surface area contributed by atoms with E-state index in [0.717, 1.165) is 52.4 Å². The third-order valence-corrected chi connectivity index (χ3v) is 6.19. The Balaban J connectivity index is 1.19. The highest BCUT2D eigenvalue weighted by Crippen LogP contribution is 2.33. The van der Waals surface area contributed by atoms with Crippen molar-refractivity contribution < 1.29 is 14.3 Å². The maximum absolute atomic E-state index is 12.8. The molecule has 3 N–H and O–H groups in total. The van der Waals surface area contributed by atoms with Crippen LogP contribution in [0.1, 0.15) is 23.5 Å². The van der Waals surface area contributed by atoms with Crippen LogP contribution in [0, 0.1) is 6.92 Å². The third-order valence-electron chi connectivity index (χ3n) is 6.19. The normalized spacial score (nSPS) is 17.6. The molecule has 34 heavy (non-hydrogen) atoms. The first-order valence-electron chi connectivity index (χ1n) is 11.6. The minimum Gasteiger partial charge on any atom is -0.492 e. The van der Waals surface area contributed by atoms with Crippen molar-refractivity contribution in [1.29, 1.82) is 0 Å². The van der Waals surface area contributed by atoms with E-state index in [0.29, 0.717) is 13.2 Å². The van der Waals surface area contributed by atoms with Gasteiger partial charge in [0.1, 0.15) is 29.5 Å². The van der Waals surface area contributed by atoms with Crippen LogP contribution in [-0.4, -0.2) is 41.6 Å². The average molecular weight is 457 g/mol. The standard InChI is InChI=1S/C27H28N4O3/c1-18-17-31-26-24(18)23(12-14-29-26)34-21-9-7-19(8-10-21)22-11-13-28-25(22)27(32)30-15-16-33-20-5-3-2-4-6-20/h2-10,12,14,17,22,25,28H,11,13,15-16H2,1H3,(H,29,31)(H,30,32)/t22-,25+/m1/s1. The highest BCUT2D eigenvalue weighted by atomic mass is 16.5. The molecule has 0 spiro atoms. The van der Waals surface area contributed by atoms with Crippen LogP contribution in [-0.2, 0) is 4.79 Å². The first kappa shape index (κ1) is 22.0. The lowest BCUT2D eigenvalue weighted by Crippen LogP contribution is -2.44. The van der Waals surface area contributed by atoms with Crippen LogP contribution in [0.25, 0.3) is 11.0 Å². The Bertz CT molecular complexity index is 1250. The van der Waals surface area contributed by atoms with Gasteiger partial charge in [-0.05, 0) is 61.3 Å². The maximum atomic E-state index is 12.8. The second kappa shape index (κ2) is 9.97. The molecule has 1 aliphatic heterocycles. The maximum Gasteiger partial charge on any atom is 0.237 e. The molecule has 7 nitrogen and oxygen atoms in total. The van der Waals surface area contributed by atoms with E-state index in [1.807, 2.05) is 73.8 Å². The highest BCUT2D eigenvalue weighted by Gasteiger charge is 2.33. The monoisotopic (exact) mass is 456 g/mol. The topological polar surface area (TPSA) is 88.3 Å². The van der Waals surface area contributed by atoms with E-state index in [1.54, 1.807) is 6.20 Å². The second-order valence-electron chi connectivity index (χ2n) is 8.45. The Morgan fingerprint density at radius 1 is 1.09 bits per heavy atom. The van der Waals surface area contributed by atoms with Gasteiger partial charge in [0, 0.05) is 18.3 Å². The number of aromatic amines is 1. The zero-order chi connectivity index (χ0) is 23.3. The molecule has 1 amide bonds. The Kier molecular flexibility index (Phi) is 6.44. The Morgan fingerprint density at radius 3 is 2.74 bits per heavy atom. The molecule has 2 atom stereocenters. The molecule has 0 aliphatic carbocycles. The molecule has 7 heteroatoms. The van der Waals surface area contributed by atoms with Gasteiger partial charge < -0.3 is 25.1 Å². The van der Waals surface area contributed by atoms with E-state index < -0.39 is 0 Å². The molecule has 0 bridgehead atoms. The number of pyridine rings is 1. The average Bonchev–Trinajstić information content (AvgIpc) is 3.51. The molecule has 0 unspecified atom stereocenters. The van der Waals surface area contributed by atoms with Crippen LogP contribution in [0.3, 0.4) is 0 Å². The number of rotatable bonds is 8. The fourth-order valence-electron chi connectivity index (χ4n) is 4.49. The minimum atomic E-state index is -0.258. The van der Waals surface area contributed by atoms with Crippen LogP contribution < -0.4 is 20.1 Å². The molecule has 1 saturated heterocycles. The molecule has 3 heterocycles. The summed E-state index contributed by atoms with van der Waals surface area (Å²) in [7, 11) is 0. The lowest BCUT2D eigenvalue weighted by atomic mass is 9.91. The predicted molar refractivity (Wildman–Crippen MR) is 131 cm³/mol. The SMILES string of the molecule is Cc1c[nH]c2nccc(Oc3ccc([C@H]4CCN[C@@H]4C(=O)NCCOc4ccccc4)cc3)c12. The van der Waals surface area contributed by atoms with Crippen molar-refractivity contribution in [3.63, 3.8) is 0 Å². The van der Waals surface area contributed by atoms with Gasteiger partial charge in [-0.1, -0.05) is 30.3 Å². The van der Waals surface area contributed by atoms with Gasteiger partial charge in [-0.25, -0.2) is 4.98 Å². The summed E-state index contributed by atoms with van der Waals surface area (Å²) in [5.41, 5.74) is 3.03. The van der Waals surface area contributed by atoms with Crippen molar-refractivity contribution in [3.05, 3.63) is 84.2 Å². The number of nitrogens with zero attached hydrogens (tertiary/aromatic N) is 1. The number of amides is 1. The number of ether oxygens (including phenoxy) is 2. The summed E-state index contributed by atoms with van der Waals surface area (Å²) in [5.74, 6) is 2.44. The Labute approximate surface area is 198 Å². The lowest BCUT2D eigenvalue weighted by Gasteiger charge is -2.20. The lowest BCUT2D eigenvalue weighted by molar-refractivity contribution is -0.123. The molecule has 174 valence electrons. The van der Waals surface area contributed by atoms with E-state index in [9.17, 15) is 4.79 Å². The van der Waals surface area contributed by atoms with Crippen molar-refractivity contribution in [2.75, 3.05) is 19.7 Å². The second-order valence-corrected chi connectivity index (χ2v) is 8.45. The van der Waals surface area contributed by atoms with Crippen LogP contribution in [0.4, 0.5) is 0 Å². The van der Waals surface area contributed by atoms with E-state index >= 15 is 0 Å². The number of H-pyrrole nitrogens is 1. The summed E-state index contributed by atoms with van der Waals surface area (Å²) in [6.07, 6.45) is 4.58. The first-order chi connectivity index (χ1) is 16.7. The summed E-state index contributed by atoms with van der Waals surface area (Å²) in [6, 6.07) is 19.2. The van der Waals surface area contributed by atoms with Crippen LogP contribution in [0.5, 0.6) is 17.2 Å². The fourth-order valence-corrected chi connectivity index (χ4v) is 4.49. The molecule has 2 aromatic carbocycles. The van der Waals surface area contributed by atoms with Crippen molar-refractivity contribution in [3.8, 4) is 17.2 Å². The fraction of sp³-hybridized carbons (Fsp3) is 0.259. The molecular formula is C27H28N4O3. The van der Waals surface area contributed by atoms with Crippen LogP contribution >= 0.6 is 0 Å². The summed E-state index contributed by atoms with van der Waals surface area (Å²) in [4.78, 5) is 20.3. The van der Waals surface area contributed by atoms with Gasteiger partial charge in [0.15, 0.2) is 0 Å². The number of aryl methyl sites for hydroxylation is 1. The van der Waals surface area contributed by atoms with E-state index in [2.05, 4.69) is 20.6 Å². The molecule has 5 rings (SSSR count). The molecular weight excluding hydrogens is 428 g/mol. The zero-order valence-electron chi connectivity index (χ0n) is 19.1. The van der Waals surface area contributed by atoms with Crippen molar-refractivity contribution in [2.24, 2.45) is 0 Å². The summed E-state index contributed by atoms with van der Waals surface area (Å²) in [6.45, 7) is 3.73. The quantitative estimate of drug-likeness (QED) is 0.344. The Hall–Kier alpha value is -3.84. The van der Waals surface area contributed by atoms with Crippen LogP contribution in [0.2, 0.25) is 0 Å². The number of benzene rings is 2. The largest absolute Gasteiger partial charge is 0.492 e. The number of hydrogen-bond donors (Lipinski definition) is 3. The van der Waals surface area contributed by atoms with Gasteiger partial charge in [0.25, 0.3) is 0 Å². The first-order valence-corrected chi connectivity index (χ1v) is 11.6. The number of carbonyl (C=O) groups excluding carboxylic acids is 1. The van der Waals surface area contributed by atoms with Gasteiger partial charge >= 0.3 is 0 Å². The van der Waals surface area contributed by atoms with E-state index in [-0.39, 0.29) is 17.9 Å². The molecule has 0 saturated carbocycles. The van der Waals surface area contributed by atoms with E-state index in [4.69, 9.17) is 9.47 Å². The van der Waals surface area contributed by atoms with Gasteiger partial charge in [-0.3, -0.25) is 4.79 Å². The number of aromatic nitrogens is 2. The zero-order valence-corrected chi connectivity index (χ0v) is 19.1. The number of fused-ring (bicyclic) bond motifs is 1. The van der Waals surface area contributed by atoms with Crippen LogP contribution in [0.15, 0.2) is 73.1 Å². The summed E-state index contributed by atoms with van der Waals surface area (Å²) in [5, 5.41) is 7.33. The van der Waals surface area contributed by atoms with Gasteiger partial charge in [-0.2, -0.15) is 0 Å². The van der Waals surface area contributed by atoms with E-state index in [1.165, 1.54) is 0 Å². The minimum absolute atomic E-state index is 0.00148. The van der Waals surface area contributed by atoms with Crippen molar-refractivity contribution in [2.45, 2.75) is 25.3 Å². The molecule has 0 radical (unpaired) electrons. The third kappa shape index (κ3) is 4.75. The predicted octanol–water partition coefficient (Wildman–Crippen LogP) is 4.30. The van der Waals surface area contributed by atoms with Gasteiger partial charge in [0.2, 0.25) is 5.91 Å². The summed E-state index contributed by atoms with van der Waals surface area (Å²) >= 11 is 0. The Morgan fingerprint density at radius 2 is 1.91 bits per heavy atom. The number of hydrogen-bond acceptors (Lipinski definition) is 5. The number of nitrogens with one attached hydrogen (secondary N) is 3. The number of para-hydroxylation sites is 1. The number of carbonyl (C=O) groups is 1. The van der Waals surface area contributed by atoms with Crippen molar-refractivity contribution in [1.82, 2.24) is 20.6 Å². The van der Waals surface area contributed by atoms with Gasteiger partial charge in [0.05, 0.1) is 18.0 Å². The smallest absolute Gasteiger partial charge is 0.237 e.